The highest BCUT2D eigenvalue weighted by molar-refractivity contribution is 7.15. The van der Waals surface area contributed by atoms with Crippen LogP contribution in [0.15, 0.2) is 24.3 Å². The topological polar surface area (TPSA) is 53.0 Å². The summed E-state index contributed by atoms with van der Waals surface area (Å²) < 4.78 is 5.71. The Hall–Kier alpha value is -2.05. The van der Waals surface area contributed by atoms with Crippen LogP contribution in [0.3, 0.4) is 0 Å². The number of hydrogen-bond acceptors (Lipinski definition) is 5. The maximum Gasteiger partial charge on any atom is 0.237 e. The Balaban J connectivity index is 1.93. The molecule has 2 aromatic rings. The zero-order valence-corrected chi connectivity index (χ0v) is 15.0. The summed E-state index contributed by atoms with van der Waals surface area (Å²) in [5.74, 6) is 0.691. The number of aromatic hydroxyl groups is 1. The van der Waals surface area contributed by atoms with E-state index in [1.165, 1.54) is 4.88 Å². The Kier molecular flexibility index (Phi) is 4.78. The van der Waals surface area contributed by atoms with Gasteiger partial charge in [0.2, 0.25) is 5.91 Å². The Labute approximate surface area is 146 Å². The van der Waals surface area contributed by atoms with Gasteiger partial charge in [-0.05, 0) is 50.8 Å². The maximum atomic E-state index is 12.4. The van der Waals surface area contributed by atoms with Gasteiger partial charge in [-0.25, -0.2) is 0 Å². The van der Waals surface area contributed by atoms with Gasteiger partial charge in [-0.15, -0.1) is 11.3 Å². The number of amides is 1. The number of carbonyl (C=O) groups is 1. The van der Waals surface area contributed by atoms with Crippen LogP contribution in [0, 0.1) is 6.92 Å². The maximum absolute atomic E-state index is 12.4. The molecular formula is C18H22N2O3S. The number of fused-ring (bicyclic) bond motifs is 1. The van der Waals surface area contributed by atoms with Crippen LogP contribution < -0.4 is 4.74 Å². The largest absolute Gasteiger partial charge is 0.504 e. The van der Waals surface area contributed by atoms with Crippen molar-refractivity contribution < 1.29 is 14.6 Å². The van der Waals surface area contributed by atoms with E-state index in [-0.39, 0.29) is 11.7 Å². The van der Waals surface area contributed by atoms with Crippen LogP contribution >= 0.6 is 11.3 Å². The van der Waals surface area contributed by atoms with E-state index < -0.39 is 0 Å². The zero-order valence-electron chi connectivity index (χ0n) is 14.2. The molecule has 24 heavy (non-hydrogen) atoms. The van der Waals surface area contributed by atoms with Crippen molar-refractivity contribution >= 4 is 17.2 Å². The van der Waals surface area contributed by atoms with Crippen molar-refractivity contribution in [1.82, 2.24) is 9.80 Å². The van der Waals surface area contributed by atoms with Gasteiger partial charge in [0.05, 0.1) is 13.1 Å². The lowest BCUT2D eigenvalue weighted by atomic mass is 10.1. The van der Waals surface area contributed by atoms with Crippen molar-refractivity contribution in [3.05, 3.63) is 34.7 Å². The molecule has 3 rings (SSSR count). The molecule has 0 fully saturated rings. The Morgan fingerprint density at radius 1 is 1.38 bits per heavy atom. The average Bonchev–Trinajstić information content (AvgIpc) is 2.81. The molecule has 0 spiro atoms. The van der Waals surface area contributed by atoms with Gasteiger partial charge in [0.25, 0.3) is 0 Å². The molecule has 1 aliphatic heterocycles. The van der Waals surface area contributed by atoms with E-state index >= 15 is 0 Å². The predicted molar refractivity (Wildman–Crippen MR) is 95.6 cm³/mol. The van der Waals surface area contributed by atoms with Gasteiger partial charge in [-0.3, -0.25) is 4.79 Å². The number of aryl methyl sites for hydroxylation is 1. The van der Waals surface area contributed by atoms with E-state index in [2.05, 4.69) is 13.0 Å². The molecule has 0 unspecified atom stereocenters. The number of hydrogen-bond donors (Lipinski definition) is 1. The molecule has 5 nitrogen and oxygen atoms in total. The van der Waals surface area contributed by atoms with Gasteiger partial charge < -0.3 is 19.6 Å². The molecule has 128 valence electrons. The minimum atomic E-state index is 0.0633. The molecule has 1 aromatic carbocycles. The average molecular weight is 346 g/mol. The minimum absolute atomic E-state index is 0.0633. The monoisotopic (exact) mass is 346 g/mol. The third kappa shape index (κ3) is 3.55. The van der Waals surface area contributed by atoms with E-state index in [4.69, 9.17) is 4.74 Å². The summed E-state index contributed by atoms with van der Waals surface area (Å²) in [6.45, 7) is 3.78. The lowest BCUT2D eigenvalue weighted by Gasteiger charge is -2.22. The first-order valence-electron chi connectivity index (χ1n) is 7.92. The third-order valence-electron chi connectivity index (χ3n) is 3.94. The molecular weight excluding hydrogens is 324 g/mol. The van der Waals surface area contributed by atoms with Crippen molar-refractivity contribution in [2.75, 3.05) is 33.8 Å². The summed E-state index contributed by atoms with van der Waals surface area (Å²) in [7, 11) is 3.76. The number of nitrogens with zero attached hydrogens (tertiary/aromatic N) is 2. The zero-order chi connectivity index (χ0) is 17.3. The molecule has 0 atom stereocenters. The second-order valence-electron chi connectivity index (χ2n) is 6.30. The van der Waals surface area contributed by atoms with Crippen molar-refractivity contribution in [3.8, 4) is 21.9 Å². The van der Waals surface area contributed by atoms with Gasteiger partial charge >= 0.3 is 0 Å². The predicted octanol–water partition coefficient (Wildman–Crippen LogP) is 2.71. The first-order chi connectivity index (χ1) is 11.4. The van der Waals surface area contributed by atoms with Gasteiger partial charge in [0.1, 0.15) is 6.61 Å². The first-order valence-corrected chi connectivity index (χ1v) is 8.73. The molecule has 0 saturated carbocycles. The number of rotatable bonds is 3. The van der Waals surface area contributed by atoms with Crippen LogP contribution in [0.25, 0.3) is 10.4 Å². The normalized spacial score (nSPS) is 14.2. The van der Waals surface area contributed by atoms with E-state index in [0.29, 0.717) is 32.0 Å². The van der Waals surface area contributed by atoms with Gasteiger partial charge in [0.15, 0.2) is 11.5 Å². The molecule has 0 bridgehead atoms. The second kappa shape index (κ2) is 6.83. The highest BCUT2D eigenvalue weighted by atomic mass is 32.1. The van der Waals surface area contributed by atoms with Crippen LogP contribution in [0.5, 0.6) is 11.5 Å². The van der Waals surface area contributed by atoms with E-state index in [0.717, 1.165) is 16.0 Å². The molecule has 1 amide bonds. The fraction of sp³-hybridized carbons (Fsp3) is 0.389. The Morgan fingerprint density at radius 2 is 2.17 bits per heavy atom. The van der Waals surface area contributed by atoms with E-state index in [9.17, 15) is 9.90 Å². The van der Waals surface area contributed by atoms with Gasteiger partial charge in [-0.2, -0.15) is 0 Å². The summed E-state index contributed by atoms with van der Waals surface area (Å²) >= 11 is 1.68. The second-order valence-corrected chi connectivity index (χ2v) is 7.58. The van der Waals surface area contributed by atoms with Gasteiger partial charge in [-0.1, -0.05) is 0 Å². The van der Waals surface area contributed by atoms with Crippen molar-refractivity contribution in [2.45, 2.75) is 13.5 Å². The molecule has 2 heterocycles. The molecule has 0 radical (unpaired) electrons. The van der Waals surface area contributed by atoms with Crippen LogP contribution in [0.2, 0.25) is 0 Å². The minimum Gasteiger partial charge on any atom is -0.504 e. The van der Waals surface area contributed by atoms with Crippen molar-refractivity contribution in [3.63, 3.8) is 0 Å². The molecule has 1 N–H and O–H groups in total. The van der Waals surface area contributed by atoms with E-state index in [1.807, 2.05) is 31.1 Å². The van der Waals surface area contributed by atoms with Crippen LogP contribution in [0.1, 0.15) is 10.4 Å². The Bertz CT molecular complexity index is 755. The van der Waals surface area contributed by atoms with Gasteiger partial charge in [0, 0.05) is 21.9 Å². The van der Waals surface area contributed by atoms with Crippen LogP contribution in [0.4, 0.5) is 0 Å². The number of likely N-dealkylation sites (N-methyl/N-ethyl adjacent to an activating group) is 1. The molecule has 1 aromatic heterocycles. The Morgan fingerprint density at radius 3 is 2.83 bits per heavy atom. The highest BCUT2D eigenvalue weighted by Gasteiger charge is 2.23. The standard InChI is InChI=1S/C18H22N2O3S/c1-12-4-5-16(24-12)13-8-14-10-20(17(22)11-19(2)3)6-7-23-18(14)15(21)9-13/h4-5,8-9,21H,6-7,10-11H2,1-3H3. The van der Waals surface area contributed by atoms with Crippen molar-refractivity contribution in [1.29, 1.82) is 0 Å². The summed E-state index contributed by atoms with van der Waals surface area (Å²) in [6, 6.07) is 7.86. The molecule has 0 aliphatic carbocycles. The molecule has 6 heteroatoms. The summed E-state index contributed by atoms with van der Waals surface area (Å²) in [5, 5.41) is 10.4. The summed E-state index contributed by atoms with van der Waals surface area (Å²) in [4.78, 5) is 18.3. The number of thiophene rings is 1. The first kappa shape index (κ1) is 16.8. The highest BCUT2D eigenvalue weighted by Crippen LogP contribution is 2.39. The lowest BCUT2D eigenvalue weighted by Crippen LogP contribution is -2.38. The number of benzene rings is 1. The van der Waals surface area contributed by atoms with Crippen LogP contribution in [-0.4, -0.2) is 54.6 Å². The molecule has 0 saturated heterocycles. The van der Waals surface area contributed by atoms with Crippen LogP contribution in [-0.2, 0) is 11.3 Å². The third-order valence-corrected chi connectivity index (χ3v) is 4.99. The van der Waals surface area contributed by atoms with Crippen molar-refractivity contribution in [2.24, 2.45) is 0 Å². The fourth-order valence-corrected chi connectivity index (χ4v) is 3.67. The number of ether oxygens (including phenoxy) is 1. The summed E-state index contributed by atoms with van der Waals surface area (Å²) in [6.07, 6.45) is 0. The number of phenols is 1. The fourth-order valence-electron chi connectivity index (χ4n) is 2.81. The quantitative estimate of drug-likeness (QED) is 0.928. The number of phenolic OH excluding ortho intramolecular Hbond substituents is 1. The smallest absolute Gasteiger partial charge is 0.237 e. The SMILES string of the molecule is Cc1ccc(-c2cc(O)c3c(c2)CN(C(=O)CN(C)C)CCO3)s1. The lowest BCUT2D eigenvalue weighted by molar-refractivity contribution is -0.132. The number of carbonyl (C=O) groups excluding carboxylic acids is 1. The molecule has 1 aliphatic rings. The summed E-state index contributed by atoms with van der Waals surface area (Å²) in [5.41, 5.74) is 1.80. The van der Waals surface area contributed by atoms with E-state index in [1.54, 1.807) is 22.3 Å².